The fraction of sp³-hybridized carbons (Fsp3) is 0.286. The van der Waals surface area contributed by atoms with Gasteiger partial charge in [-0.2, -0.15) is 0 Å². The second-order valence-corrected chi connectivity index (χ2v) is 7.44. The third kappa shape index (κ3) is 3.58. The lowest BCUT2D eigenvalue weighted by atomic mass is 10.1. The highest BCUT2D eigenvalue weighted by molar-refractivity contribution is 8.00. The molecule has 5 heteroatoms. The molecule has 1 atom stereocenters. The number of hydrogen-bond acceptors (Lipinski definition) is 4. The molecule has 0 N–H and O–H groups in total. The Morgan fingerprint density at radius 2 is 1.81 bits per heavy atom. The summed E-state index contributed by atoms with van der Waals surface area (Å²) in [5.41, 5.74) is 2.50. The first-order valence-corrected chi connectivity index (χ1v) is 9.72. The summed E-state index contributed by atoms with van der Waals surface area (Å²) >= 11 is 1.34. The van der Waals surface area contributed by atoms with Crippen molar-refractivity contribution in [2.45, 2.75) is 44.1 Å². The second-order valence-electron chi connectivity index (χ2n) is 6.14. The predicted octanol–water partition coefficient (Wildman–Crippen LogP) is 4.34. The van der Waals surface area contributed by atoms with Crippen molar-refractivity contribution in [1.82, 2.24) is 9.55 Å². The summed E-state index contributed by atoms with van der Waals surface area (Å²) in [4.78, 5) is 30.1. The normalized spacial score (nSPS) is 12.3. The third-order valence-corrected chi connectivity index (χ3v) is 5.53. The van der Waals surface area contributed by atoms with Crippen LogP contribution in [-0.2, 0) is 13.0 Å². The summed E-state index contributed by atoms with van der Waals surface area (Å²) in [6.45, 7) is 6.38. The maximum absolute atomic E-state index is 12.8. The van der Waals surface area contributed by atoms with Crippen LogP contribution in [0.15, 0.2) is 58.5 Å². The van der Waals surface area contributed by atoms with E-state index in [-0.39, 0.29) is 16.6 Å². The molecule has 0 bridgehead atoms. The Hall–Kier alpha value is -2.40. The van der Waals surface area contributed by atoms with Crippen LogP contribution in [0.5, 0.6) is 0 Å². The van der Waals surface area contributed by atoms with Gasteiger partial charge in [-0.15, -0.1) is 0 Å². The Balaban J connectivity index is 1.91. The largest absolute Gasteiger partial charge is 0.293 e. The summed E-state index contributed by atoms with van der Waals surface area (Å²) in [5, 5.41) is 0.864. The van der Waals surface area contributed by atoms with Crippen LogP contribution in [0.25, 0.3) is 10.9 Å². The van der Waals surface area contributed by atoms with Crippen LogP contribution >= 0.6 is 11.8 Å². The van der Waals surface area contributed by atoms with Crippen LogP contribution in [0.2, 0.25) is 0 Å². The number of carbonyl (C=O) groups excluding carboxylic acids is 1. The van der Waals surface area contributed by atoms with E-state index in [0.717, 1.165) is 6.42 Å². The minimum absolute atomic E-state index is 0.0442. The lowest BCUT2D eigenvalue weighted by molar-refractivity contribution is 0.0994. The van der Waals surface area contributed by atoms with E-state index in [2.05, 4.69) is 11.9 Å². The lowest BCUT2D eigenvalue weighted by Crippen LogP contribution is -2.24. The first kappa shape index (κ1) is 18.4. The summed E-state index contributed by atoms with van der Waals surface area (Å²) in [6.07, 6.45) is 0.947. The van der Waals surface area contributed by atoms with E-state index in [1.54, 1.807) is 10.6 Å². The fourth-order valence-corrected chi connectivity index (χ4v) is 3.92. The first-order chi connectivity index (χ1) is 12.5. The van der Waals surface area contributed by atoms with Crippen LogP contribution < -0.4 is 5.56 Å². The van der Waals surface area contributed by atoms with Crippen LogP contribution in [0.1, 0.15) is 36.7 Å². The summed E-state index contributed by atoms with van der Waals surface area (Å²) in [5.74, 6) is 0.0442. The molecule has 0 radical (unpaired) electrons. The zero-order chi connectivity index (χ0) is 18.7. The smallest absolute Gasteiger partial charge is 0.262 e. The molecule has 134 valence electrons. The van der Waals surface area contributed by atoms with Crippen molar-refractivity contribution < 1.29 is 4.79 Å². The molecule has 3 rings (SSSR count). The van der Waals surface area contributed by atoms with Crippen molar-refractivity contribution >= 4 is 28.4 Å². The van der Waals surface area contributed by atoms with Crippen molar-refractivity contribution in [2.75, 3.05) is 0 Å². The molecule has 0 spiro atoms. The number of Topliss-reactive ketones (excluding diaryl/α,β-unsaturated/α-hetero) is 1. The van der Waals surface area contributed by atoms with E-state index < -0.39 is 0 Å². The van der Waals surface area contributed by atoms with Crippen LogP contribution in [0.4, 0.5) is 0 Å². The van der Waals surface area contributed by atoms with E-state index in [4.69, 9.17) is 0 Å². The molecule has 0 aliphatic rings. The minimum Gasteiger partial charge on any atom is -0.293 e. The molecule has 26 heavy (non-hydrogen) atoms. The van der Waals surface area contributed by atoms with Gasteiger partial charge in [0.15, 0.2) is 10.9 Å². The number of rotatable bonds is 6. The Morgan fingerprint density at radius 1 is 1.12 bits per heavy atom. The number of aromatic nitrogens is 2. The van der Waals surface area contributed by atoms with Gasteiger partial charge >= 0.3 is 0 Å². The van der Waals surface area contributed by atoms with E-state index in [0.29, 0.717) is 28.2 Å². The van der Waals surface area contributed by atoms with Crippen molar-refractivity contribution in [3.63, 3.8) is 0 Å². The van der Waals surface area contributed by atoms with Gasteiger partial charge < -0.3 is 0 Å². The first-order valence-electron chi connectivity index (χ1n) is 8.84. The summed E-state index contributed by atoms with van der Waals surface area (Å²) < 4.78 is 1.64. The predicted molar refractivity (Wildman–Crippen MR) is 107 cm³/mol. The Bertz CT molecular complexity index is 993. The third-order valence-electron chi connectivity index (χ3n) is 4.44. The van der Waals surface area contributed by atoms with Gasteiger partial charge in [-0.3, -0.25) is 14.2 Å². The Kier molecular flexibility index (Phi) is 5.57. The van der Waals surface area contributed by atoms with E-state index in [9.17, 15) is 9.59 Å². The summed E-state index contributed by atoms with van der Waals surface area (Å²) in [7, 11) is 0. The topological polar surface area (TPSA) is 52.0 Å². The van der Waals surface area contributed by atoms with Crippen molar-refractivity contribution in [3.8, 4) is 0 Å². The van der Waals surface area contributed by atoms with E-state index in [1.807, 2.05) is 56.3 Å². The molecular weight excluding hydrogens is 344 g/mol. The number of thioether (sulfide) groups is 1. The molecule has 1 aromatic heterocycles. The van der Waals surface area contributed by atoms with Gasteiger partial charge in [0.1, 0.15) is 0 Å². The number of ketones is 1. The maximum Gasteiger partial charge on any atom is 0.262 e. The quantitative estimate of drug-likeness (QED) is 0.370. The highest BCUT2D eigenvalue weighted by atomic mass is 32.2. The minimum atomic E-state index is -0.326. The molecule has 0 saturated carbocycles. The van der Waals surface area contributed by atoms with Gasteiger partial charge in [0.05, 0.1) is 16.2 Å². The standard InChI is InChI=1S/C21H22N2O2S/c1-4-15-10-12-16(13-11-15)19(24)14(3)26-21-22-18-9-7-6-8-17(18)20(25)23(21)5-2/h6-14H,4-5H2,1-3H3/t14-/m0/s1. The molecule has 3 aromatic rings. The number of hydrogen-bond donors (Lipinski definition) is 0. The highest BCUT2D eigenvalue weighted by Crippen LogP contribution is 2.25. The van der Waals surface area contributed by atoms with Crippen LogP contribution in [0, 0.1) is 0 Å². The molecule has 0 aliphatic carbocycles. The van der Waals surface area contributed by atoms with E-state index in [1.165, 1.54) is 17.3 Å². The molecule has 0 unspecified atom stereocenters. The van der Waals surface area contributed by atoms with Crippen LogP contribution in [-0.4, -0.2) is 20.6 Å². The molecule has 0 aliphatic heterocycles. The molecule has 4 nitrogen and oxygen atoms in total. The number of para-hydroxylation sites is 1. The number of nitrogens with zero attached hydrogens (tertiary/aromatic N) is 2. The molecule has 2 aromatic carbocycles. The molecular formula is C21H22N2O2S. The second kappa shape index (κ2) is 7.87. The van der Waals surface area contributed by atoms with Gasteiger partial charge in [-0.05, 0) is 38.0 Å². The van der Waals surface area contributed by atoms with Crippen molar-refractivity contribution in [2.24, 2.45) is 0 Å². The van der Waals surface area contributed by atoms with Gasteiger partial charge in [0.2, 0.25) is 0 Å². The lowest BCUT2D eigenvalue weighted by Gasteiger charge is -2.15. The fourth-order valence-electron chi connectivity index (χ4n) is 2.87. The van der Waals surface area contributed by atoms with Gasteiger partial charge in [0, 0.05) is 12.1 Å². The Morgan fingerprint density at radius 3 is 2.46 bits per heavy atom. The zero-order valence-electron chi connectivity index (χ0n) is 15.2. The van der Waals surface area contributed by atoms with Gasteiger partial charge in [-0.25, -0.2) is 4.98 Å². The highest BCUT2D eigenvalue weighted by Gasteiger charge is 2.20. The zero-order valence-corrected chi connectivity index (χ0v) is 16.0. The molecule has 0 fully saturated rings. The van der Waals surface area contributed by atoms with E-state index >= 15 is 0 Å². The molecule has 0 saturated heterocycles. The number of carbonyl (C=O) groups is 1. The number of aryl methyl sites for hydroxylation is 1. The van der Waals surface area contributed by atoms with Crippen molar-refractivity contribution in [1.29, 1.82) is 0 Å². The van der Waals surface area contributed by atoms with Crippen molar-refractivity contribution in [3.05, 3.63) is 70.0 Å². The average Bonchev–Trinajstić information content (AvgIpc) is 2.68. The van der Waals surface area contributed by atoms with Crippen LogP contribution in [0.3, 0.4) is 0 Å². The number of benzene rings is 2. The summed E-state index contributed by atoms with van der Waals surface area (Å²) in [6, 6.07) is 15.0. The molecule has 0 amide bonds. The SMILES string of the molecule is CCc1ccc(C(=O)[C@H](C)Sc2nc3ccccc3c(=O)n2CC)cc1. The number of fused-ring (bicyclic) bond motifs is 1. The maximum atomic E-state index is 12.8. The average molecular weight is 366 g/mol. The molecule has 1 heterocycles. The van der Waals surface area contributed by atoms with Gasteiger partial charge in [-0.1, -0.05) is 55.1 Å². The Labute approximate surface area is 157 Å². The van der Waals surface area contributed by atoms with Gasteiger partial charge in [0.25, 0.3) is 5.56 Å². The monoisotopic (exact) mass is 366 g/mol.